The number of thiazole rings is 1. The van der Waals surface area contributed by atoms with Crippen LogP contribution in [0.3, 0.4) is 0 Å². The summed E-state index contributed by atoms with van der Waals surface area (Å²) in [5.74, 6) is -0.0573. The standard InChI is InChI=1S/C20H17N3OS/c1-13-19(14-7-3-2-4-8-14)23-20(25-13)22-18(24)11-15-12-21-17-10-6-5-9-16(15)17/h2-10,12,21H,11H2,1H3,(H,22,23,24). The van der Waals surface area contributed by atoms with Crippen LogP contribution < -0.4 is 5.32 Å². The second-order valence-corrected chi connectivity index (χ2v) is 7.08. The second-order valence-electron chi connectivity index (χ2n) is 5.87. The smallest absolute Gasteiger partial charge is 0.230 e. The molecular formula is C20H17N3OS. The number of hydrogen-bond donors (Lipinski definition) is 2. The molecule has 0 aliphatic rings. The molecule has 2 aromatic heterocycles. The lowest BCUT2D eigenvalue weighted by molar-refractivity contribution is -0.115. The molecule has 0 atom stereocenters. The first-order valence-corrected chi connectivity index (χ1v) is 8.90. The number of benzene rings is 2. The Bertz CT molecular complexity index is 1030. The van der Waals surface area contributed by atoms with Crippen LogP contribution in [0.25, 0.3) is 22.2 Å². The summed E-state index contributed by atoms with van der Waals surface area (Å²) < 4.78 is 0. The Morgan fingerprint density at radius 2 is 1.88 bits per heavy atom. The normalized spacial score (nSPS) is 10.9. The topological polar surface area (TPSA) is 57.8 Å². The van der Waals surface area contributed by atoms with Crippen LogP contribution in [0.1, 0.15) is 10.4 Å². The van der Waals surface area contributed by atoms with Crippen molar-refractivity contribution < 1.29 is 4.79 Å². The highest BCUT2D eigenvalue weighted by molar-refractivity contribution is 7.16. The summed E-state index contributed by atoms with van der Waals surface area (Å²) in [5, 5.41) is 4.65. The minimum Gasteiger partial charge on any atom is -0.361 e. The van der Waals surface area contributed by atoms with Gasteiger partial charge in [-0.05, 0) is 18.6 Å². The molecule has 4 nitrogen and oxygen atoms in total. The summed E-state index contributed by atoms with van der Waals surface area (Å²) in [6.07, 6.45) is 2.22. The average molecular weight is 347 g/mol. The number of carbonyl (C=O) groups is 1. The predicted molar refractivity (Wildman–Crippen MR) is 103 cm³/mol. The lowest BCUT2D eigenvalue weighted by Gasteiger charge is -2.01. The number of para-hydroxylation sites is 1. The molecule has 2 aromatic carbocycles. The molecule has 0 bridgehead atoms. The monoisotopic (exact) mass is 347 g/mol. The number of carbonyl (C=O) groups excluding carboxylic acids is 1. The summed E-state index contributed by atoms with van der Waals surface area (Å²) in [6.45, 7) is 2.02. The van der Waals surface area contributed by atoms with Gasteiger partial charge in [0.05, 0.1) is 12.1 Å². The molecule has 0 fully saturated rings. The molecular weight excluding hydrogens is 330 g/mol. The SMILES string of the molecule is Cc1sc(NC(=O)Cc2c[nH]c3ccccc23)nc1-c1ccccc1. The van der Waals surface area contributed by atoms with Gasteiger partial charge >= 0.3 is 0 Å². The maximum absolute atomic E-state index is 12.4. The van der Waals surface area contributed by atoms with E-state index in [-0.39, 0.29) is 5.91 Å². The number of nitrogens with one attached hydrogen (secondary N) is 2. The molecule has 4 rings (SSSR count). The van der Waals surface area contributed by atoms with E-state index in [2.05, 4.69) is 15.3 Å². The van der Waals surface area contributed by atoms with Gasteiger partial charge in [0.2, 0.25) is 5.91 Å². The fourth-order valence-corrected chi connectivity index (χ4v) is 3.78. The molecule has 0 spiro atoms. The number of hydrogen-bond acceptors (Lipinski definition) is 3. The van der Waals surface area contributed by atoms with Crippen molar-refractivity contribution in [1.29, 1.82) is 0 Å². The predicted octanol–water partition coefficient (Wildman–Crippen LogP) is 4.78. The Labute approximate surface area is 149 Å². The average Bonchev–Trinajstić information content (AvgIpc) is 3.19. The minimum atomic E-state index is -0.0573. The lowest BCUT2D eigenvalue weighted by Crippen LogP contribution is -2.13. The molecule has 5 heteroatoms. The zero-order chi connectivity index (χ0) is 17.2. The van der Waals surface area contributed by atoms with Crippen molar-refractivity contribution in [1.82, 2.24) is 9.97 Å². The molecule has 2 heterocycles. The molecule has 2 N–H and O–H groups in total. The van der Waals surface area contributed by atoms with Gasteiger partial charge in [0.25, 0.3) is 0 Å². The van der Waals surface area contributed by atoms with Gasteiger partial charge in [-0.2, -0.15) is 0 Å². The molecule has 0 unspecified atom stereocenters. The van der Waals surface area contributed by atoms with Crippen molar-refractivity contribution in [3.8, 4) is 11.3 Å². The number of aryl methyl sites for hydroxylation is 1. The second kappa shape index (κ2) is 6.53. The van der Waals surface area contributed by atoms with Crippen molar-refractivity contribution >= 4 is 33.3 Å². The van der Waals surface area contributed by atoms with Gasteiger partial charge in [-0.3, -0.25) is 4.79 Å². The first kappa shape index (κ1) is 15.6. The Morgan fingerprint density at radius 3 is 2.72 bits per heavy atom. The lowest BCUT2D eigenvalue weighted by atomic mass is 10.1. The summed E-state index contributed by atoms with van der Waals surface area (Å²) in [7, 11) is 0. The minimum absolute atomic E-state index is 0.0573. The van der Waals surface area contributed by atoms with Crippen molar-refractivity contribution in [2.75, 3.05) is 5.32 Å². The van der Waals surface area contributed by atoms with E-state index in [0.29, 0.717) is 11.6 Å². The third-order valence-electron chi connectivity index (χ3n) is 4.12. The first-order valence-electron chi connectivity index (χ1n) is 8.08. The van der Waals surface area contributed by atoms with Crippen LogP contribution in [0.2, 0.25) is 0 Å². The number of amides is 1. The van der Waals surface area contributed by atoms with E-state index < -0.39 is 0 Å². The highest BCUT2D eigenvalue weighted by Crippen LogP contribution is 2.30. The molecule has 4 aromatic rings. The van der Waals surface area contributed by atoms with Gasteiger partial charge in [0.1, 0.15) is 0 Å². The van der Waals surface area contributed by atoms with Crippen molar-refractivity contribution in [2.45, 2.75) is 13.3 Å². The summed E-state index contributed by atoms with van der Waals surface area (Å²) in [5.41, 5.74) is 4.02. The number of fused-ring (bicyclic) bond motifs is 1. The van der Waals surface area contributed by atoms with E-state index in [4.69, 9.17) is 0 Å². The van der Waals surface area contributed by atoms with Crippen LogP contribution in [-0.4, -0.2) is 15.9 Å². The van der Waals surface area contributed by atoms with Crippen LogP contribution in [0, 0.1) is 6.92 Å². The molecule has 0 saturated heterocycles. The number of aromatic amines is 1. The zero-order valence-electron chi connectivity index (χ0n) is 13.7. The van der Waals surface area contributed by atoms with Crippen LogP contribution >= 0.6 is 11.3 Å². The maximum atomic E-state index is 12.4. The van der Waals surface area contributed by atoms with Crippen molar-refractivity contribution in [3.05, 3.63) is 71.2 Å². The Hall–Kier alpha value is -2.92. The van der Waals surface area contributed by atoms with Crippen molar-refractivity contribution in [3.63, 3.8) is 0 Å². The van der Waals surface area contributed by atoms with E-state index in [9.17, 15) is 4.79 Å². The molecule has 1 amide bonds. The Balaban J connectivity index is 1.52. The van der Waals surface area contributed by atoms with Gasteiger partial charge in [0, 0.05) is 27.5 Å². The number of aromatic nitrogens is 2. The van der Waals surface area contributed by atoms with Gasteiger partial charge in [0.15, 0.2) is 5.13 Å². The number of rotatable bonds is 4. The Morgan fingerprint density at radius 1 is 1.12 bits per heavy atom. The fraction of sp³-hybridized carbons (Fsp3) is 0.100. The molecule has 25 heavy (non-hydrogen) atoms. The highest BCUT2D eigenvalue weighted by Gasteiger charge is 2.13. The molecule has 124 valence electrons. The zero-order valence-corrected chi connectivity index (χ0v) is 14.6. The molecule has 0 aliphatic heterocycles. The largest absolute Gasteiger partial charge is 0.361 e. The number of anilines is 1. The third-order valence-corrected chi connectivity index (χ3v) is 5.00. The first-order chi connectivity index (χ1) is 12.2. The summed E-state index contributed by atoms with van der Waals surface area (Å²) >= 11 is 1.50. The number of nitrogens with zero attached hydrogens (tertiary/aromatic N) is 1. The third kappa shape index (κ3) is 3.19. The molecule has 0 radical (unpaired) electrons. The molecule has 0 saturated carbocycles. The van der Waals surface area contributed by atoms with E-state index in [0.717, 1.165) is 32.6 Å². The quantitative estimate of drug-likeness (QED) is 0.558. The Kier molecular flexibility index (Phi) is 4.07. The van der Waals surface area contributed by atoms with E-state index in [1.807, 2.05) is 67.7 Å². The van der Waals surface area contributed by atoms with Crippen LogP contribution in [0.15, 0.2) is 60.8 Å². The van der Waals surface area contributed by atoms with Gasteiger partial charge in [-0.15, -0.1) is 11.3 Å². The van der Waals surface area contributed by atoms with Crippen molar-refractivity contribution in [2.24, 2.45) is 0 Å². The van der Waals surface area contributed by atoms with E-state index in [1.54, 1.807) is 0 Å². The number of H-pyrrole nitrogens is 1. The summed E-state index contributed by atoms with van der Waals surface area (Å²) in [6, 6.07) is 18.0. The van der Waals surface area contributed by atoms with Crippen LogP contribution in [0.5, 0.6) is 0 Å². The van der Waals surface area contributed by atoms with Gasteiger partial charge < -0.3 is 10.3 Å². The fourth-order valence-electron chi connectivity index (χ4n) is 2.93. The highest BCUT2D eigenvalue weighted by atomic mass is 32.1. The van der Waals surface area contributed by atoms with Crippen LogP contribution in [0.4, 0.5) is 5.13 Å². The van der Waals surface area contributed by atoms with E-state index in [1.165, 1.54) is 11.3 Å². The van der Waals surface area contributed by atoms with Gasteiger partial charge in [-0.25, -0.2) is 4.98 Å². The molecule has 0 aliphatic carbocycles. The maximum Gasteiger partial charge on any atom is 0.230 e. The summed E-state index contributed by atoms with van der Waals surface area (Å²) in [4.78, 5) is 21.3. The van der Waals surface area contributed by atoms with Crippen LogP contribution in [-0.2, 0) is 11.2 Å². The van der Waals surface area contributed by atoms with Gasteiger partial charge in [-0.1, -0.05) is 48.5 Å². The van der Waals surface area contributed by atoms with E-state index >= 15 is 0 Å².